The van der Waals surface area contributed by atoms with E-state index in [1.165, 1.54) is 0 Å². The van der Waals surface area contributed by atoms with E-state index in [1.807, 2.05) is 51.4 Å². The van der Waals surface area contributed by atoms with Gasteiger partial charge >= 0.3 is 11.9 Å². The van der Waals surface area contributed by atoms with E-state index >= 15 is 0 Å². The number of anilines is 1. The smallest absolute Gasteiger partial charge is 0.315 e. The Labute approximate surface area is 343 Å². The molecule has 58 heavy (non-hydrogen) atoms. The number of H-pyrrole nitrogens is 1. The Morgan fingerprint density at radius 2 is 1.55 bits per heavy atom. The zero-order valence-corrected chi connectivity index (χ0v) is 38.1. The number of nitrogens with one attached hydrogen (secondary N) is 3. The van der Waals surface area contributed by atoms with Crippen molar-refractivity contribution in [1.82, 2.24) is 20.6 Å². The third kappa shape index (κ3) is 13.3. The molecule has 4 rings (SSSR count). The number of rotatable bonds is 19. The van der Waals surface area contributed by atoms with Crippen molar-refractivity contribution in [3.8, 4) is 12.3 Å². The fourth-order valence-electron chi connectivity index (χ4n) is 6.49. The van der Waals surface area contributed by atoms with Gasteiger partial charge in [0.15, 0.2) is 8.32 Å². The van der Waals surface area contributed by atoms with Crippen LogP contribution in [0.3, 0.4) is 0 Å². The van der Waals surface area contributed by atoms with Gasteiger partial charge in [0.2, 0.25) is 22.5 Å². The highest BCUT2D eigenvalue weighted by Crippen LogP contribution is 2.39. The lowest BCUT2D eigenvalue weighted by Crippen LogP contribution is -2.47. The molecule has 0 radical (unpaired) electrons. The number of aldehydes is 1. The Morgan fingerprint density at radius 3 is 2.12 bits per heavy atom. The monoisotopic (exact) mass is 847 g/mol. The van der Waals surface area contributed by atoms with E-state index in [-0.39, 0.29) is 56.0 Å². The van der Waals surface area contributed by atoms with Gasteiger partial charge < -0.3 is 38.6 Å². The van der Waals surface area contributed by atoms with Crippen LogP contribution in [0.5, 0.6) is 0 Å². The third-order valence-corrected chi connectivity index (χ3v) is 11.7. The maximum atomic E-state index is 13.6. The Hall–Kier alpha value is -4.90. The van der Waals surface area contributed by atoms with Crippen LogP contribution in [0, 0.1) is 12.3 Å². The molecule has 0 aliphatic heterocycles. The number of nitrogens with zero attached hydrogens (tertiary/aromatic N) is 2. The van der Waals surface area contributed by atoms with Gasteiger partial charge in [0.05, 0.1) is 30.1 Å². The quantitative estimate of drug-likeness (QED) is 0.0786. The molecular weight excluding hydrogens is 791 g/mol. The topological polar surface area (TPSA) is 186 Å². The summed E-state index contributed by atoms with van der Waals surface area (Å²) in [6.07, 6.45) is 7.85. The summed E-state index contributed by atoms with van der Waals surface area (Å²) in [5.41, 5.74) is 3.48. The van der Waals surface area contributed by atoms with Crippen LogP contribution in [-0.2, 0) is 45.5 Å². The number of hydrogen-bond acceptors (Lipinski definition) is 11. The van der Waals surface area contributed by atoms with E-state index in [0.29, 0.717) is 23.0 Å². The average molecular weight is 848 g/mol. The first kappa shape index (κ1) is 45.8. The second kappa shape index (κ2) is 19.2. The van der Waals surface area contributed by atoms with Crippen molar-refractivity contribution in [1.29, 1.82) is 0 Å². The molecule has 312 valence electrons. The number of carbonyl (C=O) groups is 5. The molecule has 1 heterocycles. The van der Waals surface area contributed by atoms with Gasteiger partial charge in [0, 0.05) is 24.1 Å². The standard InChI is InChI=1S/C41H57N5O9Si3/c1-11-22-46(35-20-16-28-24-34-31(25-30(28)35)39(50)45-36(42-34)26-53-56(2,3)4)29-17-14-27(15-18-29)38(49)44-33(41(52)55-58(8,9)10)19-21-37(48)43-32(13-12-23-47)40(51)54-57(5,6)7/h1,14-15,17-18,23-25,32-33,35H,12-13,16,19-22,26H2,2-10H3,(H,43,48)(H,44,49)(H,42,45,50)/t32-,33+,35+/m1/s1. The third-order valence-electron chi connectivity index (χ3n) is 9.06. The number of benzene rings is 2. The molecular formula is C41H57N5O9Si3. The van der Waals surface area contributed by atoms with Gasteiger partial charge in [-0.3, -0.25) is 24.0 Å². The van der Waals surface area contributed by atoms with E-state index in [4.69, 9.17) is 24.7 Å². The molecule has 17 heteroatoms. The maximum absolute atomic E-state index is 13.6. The van der Waals surface area contributed by atoms with Crippen LogP contribution in [0.1, 0.15) is 65.5 Å². The van der Waals surface area contributed by atoms with Gasteiger partial charge in [-0.05, 0) is 132 Å². The minimum atomic E-state index is -2.39. The fourth-order valence-corrected chi connectivity index (χ4v) is 8.55. The number of amides is 2. The molecule has 0 unspecified atom stereocenters. The molecule has 1 aliphatic rings. The predicted octanol–water partition coefficient (Wildman–Crippen LogP) is 5.50. The van der Waals surface area contributed by atoms with E-state index in [9.17, 15) is 28.8 Å². The Bertz CT molecular complexity index is 2100. The number of aromatic amines is 1. The molecule has 2 aromatic carbocycles. The summed E-state index contributed by atoms with van der Waals surface area (Å²) in [4.78, 5) is 86.6. The van der Waals surface area contributed by atoms with Crippen molar-refractivity contribution >= 4 is 71.6 Å². The Morgan fingerprint density at radius 1 is 0.931 bits per heavy atom. The van der Waals surface area contributed by atoms with Crippen molar-refractivity contribution in [3.63, 3.8) is 0 Å². The zero-order valence-electron chi connectivity index (χ0n) is 35.1. The van der Waals surface area contributed by atoms with E-state index in [2.05, 4.69) is 46.1 Å². The SMILES string of the molecule is C#CCN(c1ccc(C(=O)N[C@@H](CCC(=O)N[C@H](CCC=O)C(=O)O[Si](C)(C)C)C(=O)O[Si](C)(C)C)cc1)[C@H]1CCc2cc3nc(CO[Si](C)(C)C)[nH]c(=O)c3cc21. The molecule has 1 aromatic heterocycles. The van der Waals surface area contributed by atoms with Crippen LogP contribution in [0.2, 0.25) is 58.9 Å². The van der Waals surface area contributed by atoms with Gasteiger partial charge in [-0.25, -0.2) is 4.98 Å². The fraction of sp³-hybridized carbons (Fsp3) is 0.488. The van der Waals surface area contributed by atoms with Crippen molar-refractivity contribution < 1.29 is 37.3 Å². The highest BCUT2D eigenvalue weighted by Gasteiger charge is 2.32. The van der Waals surface area contributed by atoms with Crippen LogP contribution in [-0.4, -0.2) is 83.6 Å². The summed E-state index contributed by atoms with van der Waals surface area (Å²) in [6.45, 7) is 17.8. The van der Waals surface area contributed by atoms with Crippen molar-refractivity contribution in [3.05, 3.63) is 69.3 Å². The first-order valence-electron chi connectivity index (χ1n) is 19.6. The van der Waals surface area contributed by atoms with E-state index < -0.39 is 60.8 Å². The number of carbonyl (C=O) groups excluding carboxylic acids is 5. The summed E-state index contributed by atoms with van der Waals surface area (Å²) < 4.78 is 17.2. The normalized spacial score (nSPS) is 15.1. The molecule has 0 saturated heterocycles. The minimum Gasteiger partial charge on any atom is -0.518 e. The number of aromatic nitrogens is 2. The van der Waals surface area contributed by atoms with Crippen molar-refractivity contribution in [2.24, 2.45) is 0 Å². The first-order chi connectivity index (χ1) is 27.1. The Balaban J connectivity index is 1.50. The molecule has 1 aliphatic carbocycles. The zero-order chi connectivity index (χ0) is 43.0. The van der Waals surface area contributed by atoms with Gasteiger partial charge in [-0.1, -0.05) is 5.92 Å². The first-order valence-corrected chi connectivity index (χ1v) is 29.8. The molecule has 14 nitrogen and oxygen atoms in total. The number of terminal acetylenes is 1. The molecule has 3 N–H and O–H groups in total. The maximum Gasteiger partial charge on any atom is 0.315 e. The van der Waals surface area contributed by atoms with Crippen molar-refractivity contribution in [2.45, 2.75) is 122 Å². The van der Waals surface area contributed by atoms with E-state index in [1.54, 1.807) is 24.3 Å². The highest BCUT2D eigenvalue weighted by atomic mass is 28.4. The lowest BCUT2D eigenvalue weighted by atomic mass is 10.0. The highest BCUT2D eigenvalue weighted by molar-refractivity contribution is 6.71. The number of hydrogen-bond donors (Lipinski definition) is 3. The summed E-state index contributed by atoms with van der Waals surface area (Å²) in [5, 5.41) is 5.86. The summed E-state index contributed by atoms with van der Waals surface area (Å²) >= 11 is 0. The minimum absolute atomic E-state index is 0.0481. The van der Waals surface area contributed by atoms with Gasteiger partial charge in [-0.2, -0.15) is 0 Å². The molecule has 0 saturated carbocycles. The molecule has 0 fully saturated rings. The molecule has 3 atom stereocenters. The lowest BCUT2D eigenvalue weighted by Gasteiger charge is -2.30. The van der Waals surface area contributed by atoms with E-state index in [0.717, 1.165) is 29.7 Å². The average Bonchev–Trinajstić information content (AvgIpc) is 3.53. The largest absolute Gasteiger partial charge is 0.518 e. The molecule has 0 bridgehead atoms. The number of fused-ring (bicyclic) bond motifs is 2. The molecule has 3 aromatic rings. The van der Waals surface area contributed by atoms with Crippen LogP contribution < -0.4 is 21.1 Å². The van der Waals surface area contributed by atoms with Crippen LogP contribution in [0.15, 0.2) is 41.2 Å². The predicted molar refractivity (Wildman–Crippen MR) is 231 cm³/mol. The van der Waals surface area contributed by atoms with Gasteiger partial charge in [0.1, 0.15) is 24.2 Å². The van der Waals surface area contributed by atoms with Crippen LogP contribution in [0.25, 0.3) is 10.9 Å². The summed E-state index contributed by atoms with van der Waals surface area (Å²) in [7, 11) is -6.47. The number of aryl methyl sites for hydroxylation is 1. The summed E-state index contributed by atoms with van der Waals surface area (Å²) in [5.74, 6) is 0.879. The second-order valence-corrected chi connectivity index (χ2v) is 30.8. The molecule has 2 amide bonds. The van der Waals surface area contributed by atoms with Crippen LogP contribution in [0.4, 0.5) is 5.69 Å². The summed E-state index contributed by atoms with van der Waals surface area (Å²) in [6, 6.07) is 8.40. The van der Waals surface area contributed by atoms with Crippen molar-refractivity contribution in [2.75, 3.05) is 11.4 Å². The van der Waals surface area contributed by atoms with Crippen LogP contribution >= 0.6 is 0 Å². The second-order valence-electron chi connectivity index (χ2n) is 17.4. The lowest BCUT2D eigenvalue weighted by molar-refractivity contribution is -0.141. The van der Waals surface area contributed by atoms with Gasteiger partial charge in [0.25, 0.3) is 11.5 Å². The van der Waals surface area contributed by atoms with Gasteiger partial charge in [-0.15, -0.1) is 6.42 Å². The molecule has 0 spiro atoms. The Kier molecular flexibility index (Phi) is 15.2.